The first kappa shape index (κ1) is 13.0. The number of H-pyrrole nitrogens is 1. The van der Waals surface area contributed by atoms with Crippen LogP contribution >= 0.6 is 11.8 Å². The zero-order chi connectivity index (χ0) is 12.1. The molecule has 1 saturated carbocycles. The molecule has 0 aromatic carbocycles. The zero-order valence-electron chi connectivity index (χ0n) is 10.6. The third kappa shape index (κ3) is 3.49. The monoisotopic (exact) mass is 253 g/mol. The Morgan fingerprint density at radius 3 is 3.06 bits per heavy atom. The Balaban J connectivity index is 1.94. The number of nitrogens with one attached hydrogen (secondary N) is 1. The van der Waals surface area contributed by atoms with Crippen molar-refractivity contribution in [1.82, 2.24) is 9.97 Å². The lowest BCUT2D eigenvalue weighted by Gasteiger charge is -2.34. The molecular weight excluding hydrogens is 230 g/mol. The van der Waals surface area contributed by atoms with Gasteiger partial charge >= 0.3 is 0 Å². The van der Waals surface area contributed by atoms with E-state index in [2.05, 4.69) is 16.9 Å². The van der Waals surface area contributed by atoms with Crippen LogP contribution in [0.15, 0.2) is 17.6 Å². The topological polar surface area (TPSA) is 54.7 Å². The molecule has 2 rings (SSSR count). The van der Waals surface area contributed by atoms with E-state index in [1.54, 1.807) is 0 Å². The number of nitrogens with two attached hydrogens (primary N) is 1. The fourth-order valence-electron chi connectivity index (χ4n) is 2.82. The Labute approximate surface area is 108 Å². The summed E-state index contributed by atoms with van der Waals surface area (Å²) in [6.45, 7) is 3.10. The van der Waals surface area contributed by atoms with E-state index in [0.29, 0.717) is 11.2 Å². The first-order chi connectivity index (χ1) is 8.33. The third-order valence-corrected chi connectivity index (χ3v) is 5.10. The summed E-state index contributed by atoms with van der Waals surface area (Å²) in [5, 5.41) is 1.70. The summed E-state index contributed by atoms with van der Waals surface area (Å²) < 4.78 is 0. The summed E-state index contributed by atoms with van der Waals surface area (Å²) in [7, 11) is 0. The van der Waals surface area contributed by atoms with E-state index < -0.39 is 0 Å². The molecule has 96 valence electrons. The minimum atomic E-state index is 0.649. The van der Waals surface area contributed by atoms with Crippen molar-refractivity contribution in [2.75, 3.05) is 6.54 Å². The number of imidazole rings is 1. The van der Waals surface area contributed by atoms with Gasteiger partial charge in [-0.1, -0.05) is 37.9 Å². The minimum Gasteiger partial charge on any atom is -0.340 e. The Morgan fingerprint density at radius 1 is 1.53 bits per heavy atom. The number of aromatic amines is 1. The van der Waals surface area contributed by atoms with Gasteiger partial charge in [0.2, 0.25) is 0 Å². The van der Waals surface area contributed by atoms with Gasteiger partial charge in [0.05, 0.1) is 0 Å². The summed E-state index contributed by atoms with van der Waals surface area (Å²) >= 11 is 1.89. The number of hydrogen-bond acceptors (Lipinski definition) is 3. The molecule has 0 saturated heterocycles. The molecule has 4 heteroatoms. The van der Waals surface area contributed by atoms with Crippen LogP contribution < -0.4 is 5.73 Å². The maximum atomic E-state index is 5.90. The van der Waals surface area contributed by atoms with Crippen LogP contribution in [0.4, 0.5) is 0 Å². The van der Waals surface area contributed by atoms with Crippen LogP contribution in [-0.2, 0) is 0 Å². The van der Waals surface area contributed by atoms with Gasteiger partial charge in [-0.05, 0) is 31.2 Å². The fourth-order valence-corrected chi connectivity index (χ4v) is 4.17. The maximum absolute atomic E-state index is 5.90. The predicted molar refractivity (Wildman–Crippen MR) is 73.0 cm³/mol. The summed E-state index contributed by atoms with van der Waals surface area (Å²) in [4.78, 5) is 7.50. The summed E-state index contributed by atoms with van der Waals surface area (Å²) in [6.07, 6.45) is 10.4. The molecule has 17 heavy (non-hydrogen) atoms. The van der Waals surface area contributed by atoms with Crippen molar-refractivity contribution in [3.63, 3.8) is 0 Å². The Kier molecular flexibility index (Phi) is 4.92. The molecule has 1 aliphatic carbocycles. The van der Waals surface area contributed by atoms with Gasteiger partial charge in [0.15, 0.2) is 5.16 Å². The van der Waals surface area contributed by atoms with E-state index in [1.165, 1.54) is 32.1 Å². The number of nitrogens with zero attached hydrogens (tertiary/aromatic N) is 1. The van der Waals surface area contributed by atoms with Crippen LogP contribution in [-0.4, -0.2) is 21.8 Å². The van der Waals surface area contributed by atoms with Crippen molar-refractivity contribution < 1.29 is 0 Å². The summed E-state index contributed by atoms with van der Waals surface area (Å²) in [5.74, 6) is 1.56. The van der Waals surface area contributed by atoms with E-state index in [0.717, 1.165) is 17.6 Å². The maximum Gasteiger partial charge on any atom is 0.165 e. The van der Waals surface area contributed by atoms with Crippen molar-refractivity contribution in [3.8, 4) is 0 Å². The van der Waals surface area contributed by atoms with E-state index in [1.807, 2.05) is 24.2 Å². The largest absolute Gasteiger partial charge is 0.340 e. The van der Waals surface area contributed by atoms with Gasteiger partial charge in [0, 0.05) is 17.6 Å². The third-order valence-electron chi connectivity index (χ3n) is 3.77. The van der Waals surface area contributed by atoms with Gasteiger partial charge < -0.3 is 10.7 Å². The second kappa shape index (κ2) is 6.45. The van der Waals surface area contributed by atoms with Crippen molar-refractivity contribution in [2.45, 2.75) is 49.4 Å². The minimum absolute atomic E-state index is 0.649. The second-order valence-corrected chi connectivity index (χ2v) is 6.24. The van der Waals surface area contributed by atoms with Crippen LogP contribution in [0.3, 0.4) is 0 Å². The molecule has 1 heterocycles. The molecule has 0 radical (unpaired) electrons. The summed E-state index contributed by atoms with van der Waals surface area (Å²) in [6, 6.07) is 0. The Morgan fingerprint density at radius 2 is 2.41 bits per heavy atom. The van der Waals surface area contributed by atoms with Crippen LogP contribution in [0.5, 0.6) is 0 Å². The van der Waals surface area contributed by atoms with Crippen LogP contribution in [0, 0.1) is 11.8 Å². The van der Waals surface area contributed by atoms with Crippen molar-refractivity contribution >= 4 is 11.8 Å². The SMILES string of the molecule is CCCC1CCC(CN)C(Sc2ncc[nH]2)C1. The number of aromatic nitrogens is 2. The normalized spacial score (nSPS) is 29.4. The van der Waals surface area contributed by atoms with Gasteiger partial charge in [-0.3, -0.25) is 0 Å². The lowest BCUT2D eigenvalue weighted by Crippen LogP contribution is -2.32. The number of thioether (sulfide) groups is 1. The van der Waals surface area contributed by atoms with E-state index in [9.17, 15) is 0 Å². The lowest BCUT2D eigenvalue weighted by molar-refractivity contribution is 0.275. The van der Waals surface area contributed by atoms with Crippen LogP contribution in [0.25, 0.3) is 0 Å². The molecule has 3 unspecified atom stereocenters. The predicted octanol–water partition coefficient (Wildman–Crippen LogP) is 3.05. The van der Waals surface area contributed by atoms with Gasteiger partial charge in [0.1, 0.15) is 0 Å². The van der Waals surface area contributed by atoms with E-state index in [4.69, 9.17) is 5.73 Å². The molecule has 0 bridgehead atoms. The highest BCUT2D eigenvalue weighted by atomic mass is 32.2. The zero-order valence-corrected chi connectivity index (χ0v) is 11.4. The second-order valence-electron chi connectivity index (χ2n) is 5.01. The average Bonchev–Trinajstić information content (AvgIpc) is 2.83. The Bertz CT molecular complexity index is 312. The first-order valence-electron chi connectivity index (χ1n) is 6.69. The molecule has 1 aromatic rings. The molecular formula is C13H23N3S. The van der Waals surface area contributed by atoms with Gasteiger partial charge in [-0.15, -0.1) is 0 Å². The van der Waals surface area contributed by atoms with E-state index in [-0.39, 0.29) is 0 Å². The lowest BCUT2D eigenvalue weighted by atomic mass is 9.80. The number of rotatable bonds is 5. The van der Waals surface area contributed by atoms with Crippen LogP contribution in [0.2, 0.25) is 0 Å². The first-order valence-corrected chi connectivity index (χ1v) is 7.57. The molecule has 3 atom stereocenters. The standard InChI is InChI=1S/C13H23N3S/c1-2-3-10-4-5-11(9-14)12(8-10)17-13-15-6-7-16-13/h6-7,10-12H,2-5,8-9,14H2,1H3,(H,15,16). The fraction of sp³-hybridized carbons (Fsp3) is 0.769. The molecule has 1 aromatic heterocycles. The van der Waals surface area contributed by atoms with Gasteiger partial charge in [-0.25, -0.2) is 4.98 Å². The molecule has 0 aliphatic heterocycles. The molecule has 3 N–H and O–H groups in total. The average molecular weight is 253 g/mol. The van der Waals surface area contributed by atoms with Crippen molar-refractivity contribution in [3.05, 3.63) is 12.4 Å². The molecule has 1 aliphatic rings. The van der Waals surface area contributed by atoms with Crippen molar-refractivity contribution in [1.29, 1.82) is 0 Å². The molecule has 1 fully saturated rings. The van der Waals surface area contributed by atoms with Gasteiger partial charge in [-0.2, -0.15) is 0 Å². The molecule has 0 amide bonds. The summed E-state index contributed by atoms with van der Waals surface area (Å²) in [5.41, 5.74) is 5.90. The Hall–Kier alpha value is -0.480. The smallest absolute Gasteiger partial charge is 0.165 e. The molecule has 0 spiro atoms. The molecule has 3 nitrogen and oxygen atoms in total. The highest BCUT2D eigenvalue weighted by Crippen LogP contribution is 2.39. The number of hydrogen-bond donors (Lipinski definition) is 2. The van der Waals surface area contributed by atoms with Gasteiger partial charge in [0.25, 0.3) is 0 Å². The highest BCUT2D eigenvalue weighted by Gasteiger charge is 2.30. The van der Waals surface area contributed by atoms with Crippen LogP contribution in [0.1, 0.15) is 39.0 Å². The highest BCUT2D eigenvalue weighted by molar-refractivity contribution is 7.99. The quantitative estimate of drug-likeness (QED) is 0.848. The van der Waals surface area contributed by atoms with Crippen molar-refractivity contribution in [2.24, 2.45) is 17.6 Å². The van der Waals surface area contributed by atoms with E-state index >= 15 is 0 Å².